The van der Waals surface area contributed by atoms with E-state index >= 15 is 0 Å². The van der Waals surface area contributed by atoms with Crippen molar-refractivity contribution in [2.24, 2.45) is 29.4 Å². The summed E-state index contributed by atoms with van der Waals surface area (Å²) in [5, 5.41) is 24.9. The molecule has 2 unspecified atom stereocenters. The first-order valence-electron chi connectivity index (χ1n) is 12.0. The summed E-state index contributed by atoms with van der Waals surface area (Å²) in [5.41, 5.74) is 3.47. The van der Waals surface area contributed by atoms with Crippen LogP contribution in [0.5, 0.6) is 5.75 Å². The number of Topliss-reactive ketones (excluding diaryl/α,β-unsaturated/α-hetero) is 4. The van der Waals surface area contributed by atoms with E-state index in [1.807, 2.05) is 0 Å². The molecular weight excluding hydrogens is 492 g/mol. The van der Waals surface area contributed by atoms with E-state index in [0.717, 1.165) is 0 Å². The van der Waals surface area contributed by atoms with Crippen LogP contribution >= 0.6 is 0 Å². The summed E-state index contributed by atoms with van der Waals surface area (Å²) in [6.45, 7) is -2.13. The molecule has 5 atom stereocenters. The molecule has 200 valence electrons. The fourth-order valence-corrected chi connectivity index (χ4v) is 6.01. The van der Waals surface area contributed by atoms with Crippen LogP contribution in [0.15, 0.2) is 6.07 Å². The number of carbonyl (C=O) groups is 5. The average Bonchev–Trinajstić information content (AvgIpc) is 2.82. The molecule has 4 rings (SSSR count). The number of hydrogen-bond donors (Lipinski definition) is 4. The first-order valence-corrected chi connectivity index (χ1v) is 12.0. The first-order chi connectivity index (χ1) is 17.4. The van der Waals surface area contributed by atoms with Gasteiger partial charge >= 0.3 is 0 Å². The van der Waals surface area contributed by atoms with Crippen LogP contribution in [0.25, 0.3) is 0 Å². The van der Waals surface area contributed by atoms with E-state index < -0.39 is 89.9 Å². The predicted octanol–water partition coefficient (Wildman–Crippen LogP) is -0.210. The quantitative estimate of drug-likeness (QED) is 0.355. The highest BCUT2D eigenvalue weighted by Gasteiger charge is 2.66. The standard InChI is InChI=1S/C25H29F2N3O7/c1-30(2)15-5-11(9-29-13(7-26)8-27)20(32)18-14(15)4-10-3-12-6-16(31)19(24(28)36)23(35)25(12,37)22(34)17(10)21(18)33/h5,10,12-13,17,19,29,32,37H,3-4,6-9H2,1-2H3,(H2,28,36)/t10-,12+,17?,19?,25+/m1/s1. The largest absolute Gasteiger partial charge is 0.507 e. The van der Waals surface area contributed by atoms with Gasteiger partial charge in [0.05, 0.1) is 17.5 Å². The molecule has 0 aromatic heterocycles. The monoisotopic (exact) mass is 521 g/mol. The van der Waals surface area contributed by atoms with Gasteiger partial charge in [-0.25, -0.2) is 8.78 Å². The fraction of sp³-hybridized carbons (Fsp3) is 0.560. The summed E-state index contributed by atoms with van der Waals surface area (Å²) in [7, 11) is 3.42. The van der Waals surface area contributed by atoms with Gasteiger partial charge in [0.2, 0.25) is 5.91 Å². The average molecular weight is 522 g/mol. The number of alkyl halides is 2. The number of aromatic hydroxyl groups is 1. The number of rotatable bonds is 7. The third-order valence-electron chi connectivity index (χ3n) is 7.89. The lowest BCUT2D eigenvalue weighted by atomic mass is 9.53. The van der Waals surface area contributed by atoms with Crippen molar-refractivity contribution < 1.29 is 43.0 Å². The fourth-order valence-electron chi connectivity index (χ4n) is 6.01. The molecule has 10 nitrogen and oxygen atoms in total. The number of nitrogens with one attached hydrogen (secondary N) is 1. The summed E-state index contributed by atoms with van der Waals surface area (Å²) in [5.74, 6) is -11.0. The van der Waals surface area contributed by atoms with Crippen molar-refractivity contribution in [3.8, 4) is 5.75 Å². The highest BCUT2D eigenvalue weighted by atomic mass is 19.1. The minimum atomic E-state index is -2.73. The minimum Gasteiger partial charge on any atom is -0.507 e. The lowest BCUT2D eigenvalue weighted by Crippen LogP contribution is -2.68. The molecular formula is C25H29F2N3O7. The summed E-state index contributed by atoms with van der Waals surface area (Å²) in [4.78, 5) is 66.2. The molecule has 3 aliphatic carbocycles. The first kappa shape index (κ1) is 26.8. The summed E-state index contributed by atoms with van der Waals surface area (Å²) < 4.78 is 25.9. The molecule has 0 heterocycles. The highest BCUT2D eigenvalue weighted by Crippen LogP contribution is 2.51. The second-order valence-electron chi connectivity index (χ2n) is 10.3. The molecule has 12 heteroatoms. The van der Waals surface area contributed by atoms with Crippen LogP contribution in [-0.4, -0.2) is 78.3 Å². The minimum absolute atomic E-state index is 0.00728. The van der Waals surface area contributed by atoms with Gasteiger partial charge in [-0.15, -0.1) is 0 Å². The normalized spacial score (nSPS) is 29.1. The third kappa shape index (κ3) is 4.02. The number of nitrogens with two attached hydrogens (primary N) is 1. The Morgan fingerprint density at radius 2 is 1.84 bits per heavy atom. The maximum absolute atomic E-state index is 13.7. The Labute approximate surface area is 211 Å². The van der Waals surface area contributed by atoms with Crippen LogP contribution in [0.3, 0.4) is 0 Å². The summed E-state index contributed by atoms with van der Waals surface area (Å²) in [6.07, 6.45) is -0.280. The number of hydrogen-bond acceptors (Lipinski definition) is 9. The second kappa shape index (κ2) is 9.56. The van der Waals surface area contributed by atoms with Crippen molar-refractivity contribution in [2.45, 2.75) is 37.5 Å². The van der Waals surface area contributed by atoms with Crippen LogP contribution < -0.4 is 16.0 Å². The zero-order valence-electron chi connectivity index (χ0n) is 20.4. The highest BCUT2D eigenvalue weighted by molar-refractivity contribution is 6.31. The van der Waals surface area contributed by atoms with Gasteiger partial charge in [0, 0.05) is 44.2 Å². The third-order valence-corrected chi connectivity index (χ3v) is 7.89. The van der Waals surface area contributed by atoms with Crippen LogP contribution in [-0.2, 0) is 32.1 Å². The smallest absolute Gasteiger partial charge is 0.235 e. The topological polar surface area (TPSA) is 167 Å². The van der Waals surface area contributed by atoms with E-state index in [1.165, 1.54) is 0 Å². The number of primary amides is 1. The molecule has 0 saturated heterocycles. The van der Waals surface area contributed by atoms with Gasteiger partial charge in [-0.2, -0.15) is 0 Å². The van der Waals surface area contributed by atoms with E-state index in [9.17, 15) is 43.0 Å². The van der Waals surface area contributed by atoms with Crippen molar-refractivity contribution in [2.75, 3.05) is 32.3 Å². The number of carbonyl (C=O) groups excluding carboxylic acids is 5. The predicted molar refractivity (Wildman–Crippen MR) is 125 cm³/mol. The summed E-state index contributed by atoms with van der Waals surface area (Å²) in [6, 6.07) is 0.483. The molecule has 2 saturated carbocycles. The summed E-state index contributed by atoms with van der Waals surface area (Å²) >= 11 is 0. The second-order valence-corrected chi connectivity index (χ2v) is 10.3. The molecule has 0 radical (unpaired) electrons. The van der Waals surface area contributed by atoms with E-state index in [0.29, 0.717) is 11.3 Å². The van der Waals surface area contributed by atoms with Gasteiger partial charge in [-0.05, 0) is 30.4 Å². The number of phenols is 1. The number of benzene rings is 1. The molecule has 0 spiro atoms. The van der Waals surface area contributed by atoms with Gasteiger partial charge in [0.25, 0.3) is 0 Å². The van der Waals surface area contributed by atoms with Gasteiger partial charge in [0.1, 0.15) is 19.1 Å². The number of amides is 1. The van der Waals surface area contributed by atoms with E-state index in [1.54, 1.807) is 25.1 Å². The van der Waals surface area contributed by atoms with Crippen LogP contribution in [0.2, 0.25) is 0 Å². The molecule has 5 N–H and O–H groups in total. The maximum atomic E-state index is 13.7. The van der Waals surface area contributed by atoms with Crippen molar-refractivity contribution >= 4 is 34.7 Å². The SMILES string of the molecule is CN(C)c1cc(CNC(CF)CF)c(O)c2c1C[C@H]1C[C@H]3CC(=O)C(C(N)=O)C(=O)[C@@]3(O)C(=O)C1C2=O. The Hall–Kier alpha value is -3.25. The van der Waals surface area contributed by atoms with Crippen molar-refractivity contribution in [1.82, 2.24) is 5.32 Å². The Kier molecular flexibility index (Phi) is 6.93. The van der Waals surface area contributed by atoms with Gasteiger partial charge < -0.3 is 26.2 Å². The van der Waals surface area contributed by atoms with Crippen molar-refractivity contribution in [3.63, 3.8) is 0 Å². The zero-order chi connectivity index (χ0) is 27.4. The number of fused-ring (bicyclic) bond motifs is 3. The molecule has 0 bridgehead atoms. The molecule has 2 fully saturated rings. The van der Waals surface area contributed by atoms with Crippen LogP contribution in [0, 0.1) is 23.7 Å². The molecule has 1 aromatic carbocycles. The molecule has 0 aliphatic heterocycles. The number of nitrogens with zero attached hydrogens (tertiary/aromatic N) is 1. The Morgan fingerprint density at radius 1 is 1.19 bits per heavy atom. The van der Waals surface area contributed by atoms with E-state index in [4.69, 9.17) is 5.73 Å². The molecule has 1 amide bonds. The molecule has 1 aromatic rings. The lowest BCUT2D eigenvalue weighted by molar-refractivity contribution is -0.175. The molecule has 3 aliphatic rings. The van der Waals surface area contributed by atoms with Crippen molar-refractivity contribution in [3.05, 3.63) is 22.8 Å². The van der Waals surface area contributed by atoms with Gasteiger partial charge in [-0.3, -0.25) is 24.0 Å². The van der Waals surface area contributed by atoms with Gasteiger partial charge in [0.15, 0.2) is 34.7 Å². The number of aliphatic hydroxyl groups is 1. The van der Waals surface area contributed by atoms with Crippen LogP contribution in [0.4, 0.5) is 14.5 Å². The maximum Gasteiger partial charge on any atom is 0.235 e. The van der Waals surface area contributed by atoms with Crippen molar-refractivity contribution in [1.29, 1.82) is 0 Å². The lowest BCUT2D eigenvalue weighted by Gasteiger charge is -2.48. The number of ketones is 4. The number of halogens is 2. The Morgan fingerprint density at radius 3 is 2.41 bits per heavy atom. The Balaban J connectivity index is 1.79. The number of phenolic OH excluding ortho intramolecular Hbond substituents is 1. The van der Waals surface area contributed by atoms with Gasteiger partial charge in [-0.1, -0.05) is 0 Å². The molecule has 37 heavy (non-hydrogen) atoms. The zero-order valence-corrected chi connectivity index (χ0v) is 20.4. The van der Waals surface area contributed by atoms with E-state index in [-0.39, 0.29) is 30.5 Å². The van der Waals surface area contributed by atoms with E-state index in [2.05, 4.69) is 5.32 Å². The Bertz CT molecular complexity index is 1200. The number of anilines is 1. The van der Waals surface area contributed by atoms with Crippen LogP contribution in [0.1, 0.15) is 34.3 Å².